The van der Waals surface area contributed by atoms with Crippen molar-refractivity contribution in [3.05, 3.63) is 23.9 Å². The average Bonchev–Trinajstić information content (AvgIpc) is 2.75. The van der Waals surface area contributed by atoms with Crippen LogP contribution < -0.4 is 4.90 Å². The second-order valence-electron chi connectivity index (χ2n) is 3.75. The van der Waals surface area contributed by atoms with Crippen LogP contribution in [-0.2, 0) is 4.74 Å². The summed E-state index contributed by atoms with van der Waals surface area (Å²) in [5.74, 6) is 0.650. The van der Waals surface area contributed by atoms with Crippen LogP contribution >= 0.6 is 0 Å². The fourth-order valence-electron chi connectivity index (χ4n) is 1.70. The van der Waals surface area contributed by atoms with Gasteiger partial charge in [0.1, 0.15) is 18.1 Å². The van der Waals surface area contributed by atoms with Crippen molar-refractivity contribution in [1.82, 2.24) is 4.98 Å². The molecule has 0 N–H and O–H groups in total. The predicted octanol–water partition coefficient (Wildman–Crippen LogP) is 1.13. The normalized spacial score (nSPS) is 24.1. The van der Waals surface area contributed by atoms with Gasteiger partial charge in [-0.25, -0.2) is 9.37 Å². The molecule has 0 aromatic carbocycles. The molecule has 84 valence electrons. The summed E-state index contributed by atoms with van der Waals surface area (Å²) in [6, 6.07) is 5.08. The highest BCUT2D eigenvalue weighted by Gasteiger charge is 2.31. The molecule has 1 fully saturated rings. The van der Waals surface area contributed by atoms with Crippen molar-refractivity contribution in [3.8, 4) is 6.07 Å². The molecule has 2 rings (SSSR count). The molecule has 1 aromatic heterocycles. The number of rotatable bonds is 2. The molecule has 2 unspecified atom stereocenters. The summed E-state index contributed by atoms with van der Waals surface area (Å²) in [4.78, 5) is 5.86. The van der Waals surface area contributed by atoms with E-state index >= 15 is 0 Å². The van der Waals surface area contributed by atoms with Crippen LogP contribution in [0.5, 0.6) is 0 Å². The number of likely N-dealkylation sites (N-methyl/N-ethyl adjacent to an activating group) is 1. The second kappa shape index (κ2) is 4.45. The first kappa shape index (κ1) is 10.8. The smallest absolute Gasteiger partial charge is 0.146 e. The summed E-state index contributed by atoms with van der Waals surface area (Å²) in [7, 11) is 1.78. The molecule has 0 spiro atoms. The van der Waals surface area contributed by atoms with Crippen molar-refractivity contribution in [2.24, 2.45) is 0 Å². The summed E-state index contributed by atoms with van der Waals surface area (Å²) in [5.41, 5.74) is 0.497. The van der Waals surface area contributed by atoms with Crippen molar-refractivity contribution in [3.63, 3.8) is 0 Å². The Hall–Kier alpha value is -1.67. The Kier molecular flexibility index (Phi) is 3.02. The highest BCUT2D eigenvalue weighted by Crippen LogP contribution is 2.20. The number of alkyl halides is 1. The third-order valence-corrected chi connectivity index (χ3v) is 2.72. The van der Waals surface area contributed by atoms with E-state index in [1.165, 1.54) is 6.20 Å². The lowest BCUT2D eigenvalue weighted by atomic mass is 10.2. The fourth-order valence-corrected chi connectivity index (χ4v) is 1.70. The van der Waals surface area contributed by atoms with Gasteiger partial charge in [0.25, 0.3) is 0 Å². The summed E-state index contributed by atoms with van der Waals surface area (Å²) in [5, 5.41) is 8.64. The van der Waals surface area contributed by atoms with Gasteiger partial charge in [0.15, 0.2) is 0 Å². The van der Waals surface area contributed by atoms with Crippen molar-refractivity contribution in [2.45, 2.75) is 12.2 Å². The SMILES string of the molecule is CN(c1ccc(C#N)cn1)C1COCC1F. The van der Waals surface area contributed by atoms with Crippen LogP contribution in [-0.4, -0.2) is 37.5 Å². The number of nitrogens with zero attached hydrogens (tertiary/aromatic N) is 3. The van der Waals surface area contributed by atoms with Crippen molar-refractivity contribution < 1.29 is 9.13 Å². The monoisotopic (exact) mass is 221 g/mol. The van der Waals surface area contributed by atoms with Gasteiger partial charge in [0, 0.05) is 13.2 Å². The molecule has 0 saturated carbocycles. The molecule has 1 aliphatic heterocycles. The number of halogens is 1. The molecule has 0 radical (unpaired) electrons. The van der Waals surface area contributed by atoms with Crippen LogP contribution in [0, 0.1) is 11.3 Å². The third-order valence-electron chi connectivity index (χ3n) is 2.72. The van der Waals surface area contributed by atoms with E-state index < -0.39 is 6.17 Å². The third kappa shape index (κ3) is 1.97. The van der Waals surface area contributed by atoms with Crippen LogP contribution in [0.2, 0.25) is 0 Å². The molecule has 0 aliphatic carbocycles. The maximum Gasteiger partial charge on any atom is 0.146 e. The van der Waals surface area contributed by atoms with Crippen molar-refractivity contribution >= 4 is 5.82 Å². The Labute approximate surface area is 93.3 Å². The lowest BCUT2D eigenvalue weighted by Crippen LogP contribution is -2.39. The number of anilines is 1. The van der Waals surface area contributed by atoms with E-state index in [9.17, 15) is 4.39 Å². The lowest BCUT2D eigenvalue weighted by molar-refractivity contribution is 0.173. The van der Waals surface area contributed by atoms with E-state index in [1.54, 1.807) is 24.1 Å². The molecule has 2 atom stereocenters. The van der Waals surface area contributed by atoms with Gasteiger partial charge < -0.3 is 9.64 Å². The molecule has 0 bridgehead atoms. The first-order valence-corrected chi connectivity index (χ1v) is 5.03. The van der Waals surface area contributed by atoms with E-state index in [1.807, 2.05) is 6.07 Å². The standard InChI is InChI=1S/C11H12FN3O/c1-15(10-7-16-6-9(10)12)11-3-2-8(4-13)5-14-11/h2-3,5,9-10H,6-7H2,1H3. The minimum Gasteiger partial charge on any atom is -0.376 e. The largest absolute Gasteiger partial charge is 0.376 e. The van der Waals surface area contributed by atoms with Crippen molar-refractivity contribution in [1.29, 1.82) is 5.26 Å². The number of hydrogen-bond donors (Lipinski definition) is 0. The Morgan fingerprint density at radius 1 is 1.56 bits per heavy atom. The first-order valence-electron chi connectivity index (χ1n) is 5.03. The summed E-state index contributed by atoms with van der Waals surface area (Å²) < 4.78 is 18.5. The topological polar surface area (TPSA) is 49.2 Å². The number of nitriles is 1. The zero-order valence-corrected chi connectivity index (χ0v) is 8.93. The number of ether oxygens (including phenoxy) is 1. The predicted molar refractivity (Wildman–Crippen MR) is 56.9 cm³/mol. The van der Waals surface area contributed by atoms with Crippen LogP contribution in [0.25, 0.3) is 0 Å². The zero-order chi connectivity index (χ0) is 11.5. The minimum atomic E-state index is -0.984. The summed E-state index contributed by atoms with van der Waals surface area (Å²) in [6.07, 6.45) is 0.497. The maximum absolute atomic E-state index is 13.4. The van der Waals surface area contributed by atoms with E-state index in [0.29, 0.717) is 18.0 Å². The second-order valence-corrected chi connectivity index (χ2v) is 3.75. The van der Waals surface area contributed by atoms with Gasteiger partial charge in [-0.05, 0) is 12.1 Å². The molecular formula is C11H12FN3O. The van der Waals surface area contributed by atoms with Crippen LogP contribution in [0.1, 0.15) is 5.56 Å². The molecule has 2 heterocycles. The molecule has 5 heteroatoms. The Bertz CT molecular complexity index is 401. The Morgan fingerprint density at radius 2 is 2.38 bits per heavy atom. The summed E-state index contributed by atoms with van der Waals surface area (Å²) >= 11 is 0. The van der Waals surface area contributed by atoms with Crippen molar-refractivity contribution in [2.75, 3.05) is 25.2 Å². The van der Waals surface area contributed by atoms with Crippen LogP contribution in [0.3, 0.4) is 0 Å². The van der Waals surface area contributed by atoms with Crippen LogP contribution in [0.15, 0.2) is 18.3 Å². The molecule has 1 aliphatic rings. The van der Waals surface area contributed by atoms with Gasteiger partial charge in [0.2, 0.25) is 0 Å². The lowest BCUT2D eigenvalue weighted by Gasteiger charge is -2.25. The van der Waals surface area contributed by atoms with E-state index in [-0.39, 0.29) is 12.6 Å². The quantitative estimate of drug-likeness (QED) is 0.751. The Balaban J connectivity index is 2.14. The zero-order valence-electron chi connectivity index (χ0n) is 8.93. The van der Waals surface area contributed by atoms with Gasteiger partial charge in [0.05, 0.1) is 24.8 Å². The van der Waals surface area contributed by atoms with E-state index in [2.05, 4.69) is 4.98 Å². The van der Waals surface area contributed by atoms with Gasteiger partial charge in [-0.3, -0.25) is 0 Å². The highest BCUT2D eigenvalue weighted by atomic mass is 19.1. The first-order chi connectivity index (χ1) is 7.72. The molecule has 0 amide bonds. The van der Waals surface area contributed by atoms with Crippen LogP contribution in [0.4, 0.5) is 10.2 Å². The molecule has 4 nitrogen and oxygen atoms in total. The molecule has 16 heavy (non-hydrogen) atoms. The van der Waals surface area contributed by atoms with Gasteiger partial charge >= 0.3 is 0 Å². The number of pyridine rings is 1. The van der Waals surface area contributed by atoms with E-state index in [0.717, 1.165) is 0 Å². The van der Waals surface area contributed by atoms with Gasteiger partial charge in [-0.15, -0.1) is 0 Å². The number of hydrogen-bond acceptors (Lipinski definition) is 4. The van der Waals surface area contributed by atoms with Gasteiger partial charge in [-0.2, -0.15) is 5.26 Å². The highest BCUT2D eigenvalue weighted by molar-refractivity contribution is 5.42. The average molecular weight is 221 g/mol. The fraction of sp³-hybridized carbons (Fsp3) is 0.455. The van der Waals surface area contributed by atoms with Gasteiger partial charge in [-0.1, -0.05) is 0 Å². The maximum atomic E-state index is 13.4. The number of aromatic nitrogens is 1. The Morgan fingerprint density at radius 3 is 2.88 bits per heavy atom. The van der Waals surface area contributed by atoms with E-state index in [4.69, 9.17) is 10.00 Å². The molecular weight excluding hydrogens is 209 g/mol. The minimum absolute atomic E-state index is 0.144. The molecule has 1 aromatic rings. The molecule has 1 saturated heterocycles. The summed E-state index contributed by atoms with van der Waals surface area (Å²) in [6.45, 7) is 0.518.